The molecule has 0 radical (unpaired) electrons. The molecule has 1 atom stereocenters. The van der Waals surface area contributed by atoms with Gasteiger partial charge in [-0.25, -0.2) is 9.00 Å². The fourth-order valence-corrected chi connectivity index (χ4v) is 0.886. The summed E-state index contributed by atoms with van der Waals surface area (Å²) in [5, 5.41) is 0. The van der Waals surface area contributed by atoms with Crippen molar-refractivity contribution in [2.45, 2.75) is 26.4 Å². The fourth-order valence-electron chi connectivity index (χ4n) is 0.414. The van der Waals surface area contributed by atoms with E-state index < -0.39 is 20.6 Å². The zero-order chi connectivity index (χ0) is 9.99. The van der Waals surface area contributed by atoms with Gasteiger partial charge in [0.25, 0.3) is 0 Å². The number of nitrogens with zero attached hydrogens (tertiary/aromatic N) is 1. The lowest BCUT2D eigenvalue weighted by atomic mass is 10.2. The van der Waals surface area contributed by atoms with Gasteiger partial charge in [-0.3, -0.25) is 0 Å². The lowest BCUT2D eigenvalue weighted by Crippen LogP contribution is -2.22. The molecule has 0 heterocycles. The molecule has 0 aromatic carbocycles. The number of hydrogen-bond acceptors (Lipinski definition) is 3. The van der Waals surface area contributed by atoms with E-state index in [1.165, 1.54) is 0 Å². The summed E-state index contributed by atoms with van der Waals surface area (Å²) in [4.78, 5) is 10.8. The Balaban J connectivity index is 4.39. The normalized spacial score (nSPS) is 16.4. The van der Waals surface area contributed by atoms with Crippen molar-refractivity contribution in [2.75, 3.05) is 6.26 Å². The average Bonchev–Trinajstić information content (AvgIpc) is 1.49. The molecule has 72 valence electrons. The Morgan fingerprint density at radius 2 is 1.92 bits per heavy atom. The standard InChI is InChI=1S/C6H12ClNO3S/c1-6(2,3)11-5(9)8-12(4,7)10/h1-4H3. The number of amides is 1. The third-order valence-electron chi connectivity index (χ3n) is 0.631. The Kier molecular flexibility index (Phi) is 3.53. The first-order valence-corrected chi connectivity index (χ1v) is 6.00. The van der Waals surface area contributed by atoms with Gasteiger partial charge in [-0.1, -0.05) is 0 Å². The summed E-state index contributed by atoms with van der Waals surface area (Å²) in [7, 11) is 2.29. The maximum atomic E-state index is 10.8. The Labute approximate surface area is 76.9 Å². The van der Waals surface area contributed by atoms with Crippen LogP contribution in [-0.4, -0.2) is 22.2 Å². The van der Waals surface area contributed by atoms with Crippen molar-refractivity contribution < 1.29 is 13.7 Å². The Hall–Kier alpha value is -0.290. The Morgan fingerprint density at radius 1 is 1.50 bits per heavy atom. The van der Waals surface area contributed by atoms with Gasteiger partial charge in [0.15, 0.2) is 0 Å². The quantitative estimate of drug-likeness (QED) is 0.580. The zero-order valence-corrected chi connectivity index (χ0v) is 9.03. The number of carbonyl (C=O) groups excluding carboxylic acids is 1. The summed E-state index contributed by atoms with van der Waals surface area (Å²) in [6.07, 6.45) is 0.253. The number of ether oxygens (including phenoxy) is 1. The second-order valence-electron chi connectivity index (χ2n) is 3.28. The molecule has 0 saturated carbocycles. The van der Waals surface area contributed by atoms with Gasteiger partial charge in [0.1, 0.15) is 14.5 Å². The molecule has 0 aliphatic carbocycles. The van der Waals surface area contributed by atoms with E-state index in [0.29, 0.717) is 0 Å². The summed E-state index contributed by atoms with van der Waals surface area (Å²) >= 11 is 0. The minimum atomic E-state index is -2.92. The van der Waals surface area contributed by atoms with Gasteiger partial charge in [-0.2, -0.15) is 0 Å². The van der Waals surface area contributed by atoms with Gasteiger partial charge < -0.3 is 4.74 Å². The molecule has 4 nitrogen and oxygen atoms in total. The van der Waals surface area contributed by atoms with Crippen molar-refractivity contribution in [3.05, 3.63) is 0 Å². The number of carbonyl (C=O) groups is 1. The fraction of sp³-hybridized carbons (Fsp3) is 0.833. The summed E-state index contributed by atoms with van der Waals surface area (Å²) in [5.41, 5.74) is -0.637. The van der Waals surface area contributed by atoms with Crippen molar-refractivity contribution in [1.82, 2.24) is 0 Å². The predicted octanol–water partition coefficient (Wildman–Crippen LogP) is 2.17. The summed E-state index contributed by atoms with van der Waals surface area (Å²) in [6.45, 7) is 5.06. The van der Waals surface area contributed by atoms with Gasteiger partial charge in [0, 0.05) is 6.26 Å². The van der Waals surface area contributed by atoms with E-state index in [0.717, 1.165) is 6.26 Å². The van der Waals surface area contributed by atoms with E-state index in [4.69, 9.17) is 15.4 Å². The van der Waals surface area contributed by atoms with Crippen LogP contribution in [0.5, 0.6) is 0 Å². The lowest BCUT2D eigenvalue weighted by molar-refractivity contribution is 0.0608. The topological polar surface area (TPSA) is 55.7 Å². The second kappa shape index (κ2) is 3.62. The van der Waals surface area contributed by atoms with Crippen LogP contribution in [0.25, 0.3) is 0 Å². The zero-order valence-electron chi connectivity index (χ0n) is 7.46. The minimum Gasteiger partial charge on any atom is -0.442 e. The maximum Gasteiger partial charge on any atom is 0.443 e. The smallest absolute Gasteiger partial charge is 0.442 e. The lowest BCUT2D eigenvalue weighted by Gasteiger charge is -2.16. The molecule has 0 aromatic heterocycles. The van der Waals surface area contributed by atoms with Crippen LogP contribution in [-0.2, 0) is 13.7 Å². The molecular weight excluding hydrogens is 202 g/mol. The van der Waals surface area contributed by atoms with Crippen LogP contribution in [0, 0.1) is 0 Å². The van der Waals surface area contributed by atoms with Crippen LogP contribution in [0.15, 0.2) is 4.36 Å². The maximum absolute atomic E-state index is 10.8. The predicted molar refractivity (Wildman–Crippen MR) is 48.6 cm³/mol. The highest BCUT2D eigenvalue weighted by Gasteiger charge is 2.16. The van der Waals surface area contributed by atoms with Crippen LogP contribution < -0.4 is 0 Å². The number of hydrogen-bond donors (Lipinski definition) is 0. The van der Waals surface area contributed by atoms with Crippen LogP contribution >= 0.6 is 10.7 Å². The summed E-state index contributed by atoms with van der Waals surface area (Å²) in [5.74, 6) is 0. The molecule has 0 aliphatic rings. The largest absolute Gasteiger partial charge is 0.443 e. The van der Waals surface area contributed by atoms with E-state index in [1.54, 1.807) is 20.8 Å². The highest BCUT2D eigenvalue weighted by molar-refractivity contribution is 8.15. The Bertz CT molecular complexity index is 278. The van der Waals surface area contributed by atoms with Gasteiger partial charge in [0.2, 0.25) is 0 Å². The van der Waals surface area contributed by atoms with Gasteiger partial charge >= 0.3 is 6.09 Å². The molecular formula is C6H12ClNO3S. The molecule has 0 saturated heterocycles. The first kappa shape index (κ1) is 11.7. The third kappa shape index (κ3) is 7.81. The summed E-state index contributed by atoms with van der Waals surface area (Å²) < 4.78 is 18.7. The van der Waals surface area contributed by atoms with Crippen molar-refractivity contribution in [3.8, 4) is 0 Å². The third-order valence-corrected chi connectivity index (χ3v) is 1.31. The first-order chi connectivity index (χ1) is 5.10. The minimum absolute atomic E-state index is 0.637. The van der Waals surface area contributed by atoms with Crippen LogP contribution in [0.2, 0.25) is 0 Å². The molecule has 1 unspecified atom stereocenters. The molecule has 6 heteroatoms. The molecule has 1 amide bonds. The molecule has 0 aromatic rings. The van der Waals surface area contributed by atoms with E-state index in [-0.39, 0.29) is 0 Å². The summed E-state index contributed by atoms with van der Waals surface area (Å²) in [6, 6.07) is 0. The number of halogens is 1. The van der Waals surface area contributed by atoms with Crippen molar-refractivity contribution >= 4 is 25.7 Å². The first-order valence-electron chi connectivity index (χ1n) is 3.25. The van der Waals surface area contributed by atoms with E-state index in [1.807, 2.05) is 0 Å². The molecule has 0 rings (SSSR count). The molecule has 0 bridgehead atoms. The van der Waals surface area contributed by atoms with Crippen molar-refractivity contribution in [2.24, 2.45) is 4.36 Å². The van der Waals surface area contributed by atoms with Crippen LogP contribution in [0.4, 0.5) is 4.79 Å². The molecule has 0 fully saturated rings. The van der Waals surface area contributed by atoms with Crippen molar-refractivity contribution in [3.63, 3.8) is 0 Å². The van der Waals surface area contributed by atoms with E-state index >= 15 is 0 Å². The van der Waals surface area contributed by atoms with Crippen LogP contribution in [0.1, 0.15) is 20.8 Å². The van der Waals surface area contributed by atoms with E-state index in [2.05, 4.69) is 4.36 Å². The van der Waals surface area contributed by atoms with Gasteiger partial charge in [-0.15, -0.1) is 4.36 Å². The molecule has 0 spiro atoms. The molecule has 0 aliphatic heterocycles. The Morgan fingerprint density at radius 3 is 2.17 bits per heavy atom. The average molecular weight is 214 g/mol. The molecule has 12 heavy (non-hydrogen) atoms. The van der Waals surface area contributed by atoms with Crippen molar-refractivity contribution in [1.29, 1.82) is 0 Å². The van der Waals surface area contributed by atoms with Gasteiger partial charge in [-0.05, 0) is 31.5 Å². The highest BCUT2D eigenvalue weighted by atomic mass is 35.7. The SMILES string of the molecule is CC(C)(C)OC(=O)N=S(C)(=O)Cl. The van der Waals surface area contributed by atoms with E-state index in [9.17, 15) is 9.00 Å². The molecule has 0 N–H and O–H groups in total. The van der Waals surface area contributed by atoms with Gasteiger partial charge in [0.05, 0.1) is 0 Å². The van der Waals surface area contributed by atoms with Crippen LogP contribution in [0.3, 0.4) is 0 Å². The second-order valence-corrected chi connectivity index (χ2v) is 6.60. The number of rotatable bonds is 0. The highest BCUT2D eigenvalue weighted by Crippen LogP contribution is 2.09. The monoisotopic (exact) mass is 213 g/mol.